The van der Waals surface area contributed by atoms with Crippen LogP contribution in [0.5, 0.6) is 0 Å². The van der Waals surface area contributed by atoms with Crippen molar-refractivity contribution in [3.8, 4) is 0 Å². The summed E-state index contributed by atoms with van der Waals surface area (Å²) in [6, 6.07) is 0. The van der Waals surface area contributed by atoms with E-state index in [9.17, 15) is 4.79 Å². The van der Waals surface area contributed by atoms with Crippen LogP contribution in [0.25, 0.3) is 0 Å². The number of nitrogens with one attached hydrogen (secondary N) is 1. The summed E-state index contributed by atoms with van der Waals surface area (Å²) in [5.41, 5.74) is 0.309. The minimum Gasteiger partial charge on any atom is -0.465 e. The van der Waals surface area contributed by atoms with E-state index < -0.39 is 5.54 Å². The van der Waals surface area contributed by atoms with Crippen LogP contribution in [0.3, 0.4) is 0 Å². The Labute approximate surface area is 125 Å². The number of ether oxygens (including phenoxy) is 1. The lowest BCUT2D eigenvalue weighted by Crippen LogP contribution is -2.50. The van der Waals surface area contributed by atoms with E-state index in [2.05, 4.69) is 10.4 Å². The fourth-order valence-corrected chi connectivity index (χ4v) is 2.32. The van der Waals surface area contributed by atoms with Gasteiger partial charge in [-0.15, -0.1) is 0 Å². The summed E-state index contributed by atoms with van der Waals surface area (Å²) in [6.07, 6.45) is 3.16. The van der Waals surface area contributed by atoms with Gasteiger partial charge in [-0.2, -0.15) is 5.10 Å². The first kappa shape index (κ1) is 17.0. The Balaban J connectivity index is 2.59. The molecule has 1 heterocycles. The zero-order valence-corrected chi connectivity index (χ0v) is 13.5. The van der Waals surface area contributed by atoms with Crippen molar-refractivity contribution < 1.29 is 9.53 Å². The van der Waals surface area contributed by atoms with E-state index >= 15 is 0 Å². The molecule has 1 rings (SSSR count). The number of halogens is 1. The smallest absolute Gasteiger partial charge is 0.326 e. The SMILES string of the molecule is CCNC(C)(CCCn1ncc(Cl)c1C)C(=O)OCC. The maximum atomic E-state index is 12.0. The molecule has 0 amide bonds. The molecular formula is C14H24ClN3O2. The third kappa shape index (κ3) is 4.21. The first-order valence-electron chi connectivity index (χ1n) is 7.04. The molecule has 0 aromatic carbocycles. The molecule has 0 saturated carbocycles. The molecule has 0 radical (unpaired) electrons. The van der Waals surface area contributed by atoms with E-state index in [0.717, 1.165) is 25.2 Å². The fourth-order valence-electron chi connectivity index (χ4n) is 2.17. The third-order valence-electron chi connectivity index (χ3n) is 3.38. The van der Waals surface area contributed by atoms with Crippen LogP contribution >= 0.6 is 11.6 Å². The van der Waals surface area contributed by atoms with Crippen LogP contribution in [-0.4, -0.2) is 34.4 Å². The quantitative estimate of drug-likeness (QED) is 0.750. The van der Waals surface area contributed by atoms with Crippen molar-refractivity contribution in [2.24, 2.45) is 0 Å². The lowest BCUT2D eigenvalue weighted by molar-refractivity contribution is -0.150. The Morgan fingerprint density at radius 2 is 2.25 bits per heavy atom. The second-order valence-corrected chi connectivity index (χ2v) is 5.39. The maximum Gasteiger partial charge on any atom is 0.326 e. The van der Waals surface area contributed by atoms with Crippen molar-refractivity contribution in [1.29, 1.82) is 0 Å². The summed E-state index contributed by atoms with van der Waals surface area (Å²) in [6.45, 7) is 9.48. The Morgan fingerprint density at radius 3 is 2.75 bits per heavy atom. The number of hydrogen-bond donors (Lipinski definition) is 1. The third-order valence-corrected chi connectivity index (χ3v) is 3.75. The van der Waals surface area contributed by atoms with Gasteiger partial charge >= 0.3 is 5.97 Å². The fraction of sp³-hybridized carbons (Fsp3) is 0.714. The molecule has 0 bridgehead atoms. The lowest BCUT2D eigenvalue weighted by Gasteiger charge is -2.28. The first-order chi connectivity index (χ1) is 9.44. The number of nitrogens with zero attached hydrogens (tertiary/aromatic N) is 2. The second-order valence-electron chi connectivity index (χ2n) is 4.99. The number of esters is 1. The predicted octanol–water partition coefficient (Wildman–Crippen LogP) is 2.56. The van der Waals surface area contributed by atoms with Gasteiger partial charge in [-0.3, -0.25) is 9.48 Å². The van der Waals surface area contributed by atoms with Gasteiger partial charge in [0.1, 0.15) is 5.54 Å². The summed E-state index contributed by atoms with van der Waals surface area (Å²) in [7, 11) is 0. The first-order valence-corrected chi connectivity index (χ1v) is 7.42. The van der Waals surface area contributed by atoms with Gasteiger partial charge in [-0.1, -0.05) is 18.5 Å². The summed E-state index contributed by atoms with van der Waals surface area (Å²) in [5.74, 6) is -0.197. The molecule has 1 unspecified atom stereocenters. The number of aryl methyl sites for hydroxylation is 1. The van der Waals surface area contributed by atoms with E-state index in [1.165, 1.54) is 0 Å². The molecule has 5 nitrogen and oxygen atoms in total. The average molecular weight is 302 g/mol. The number of carbonyl (C=O) groups is 1. The Kier molecular flexibility index (Phi) is 6.49. The topological polar surface area (TPSA) is 56.2 Å². The minimum atomic E-state index is -0.643. The van der Waals surface area contributed by atoms with Crippen molar-refractivity contribution in [3.05, 3.63) is 16.9 Å². The molecule has 6 heteroatoms. The van der Waals surface area contributed by atoms with E-state index in [1.54, 1.807) is 6.20 Å². The molecule has 1 N–H and O–H groups in total. The van der Waals surface area contributed by atoms with Crippen LogP contribution < -0.4 is 5.32 Å². The normalized spacial score (nSPS) is 14.1. The number of aromatic nitrogens is 2. The van der Waals surface area contributed by atoms with Gasteiger partial charge in [0, 0.05) is 6.54 Å². The van der Waals surface area contributed by atoms with E-state index in [1.807, 2.05) is 32.4 Å². The van der Waals surface area contributed by atoms with Gasteiger partial charge < -0.3 is 10.1 Å². The summed E-state index contributed by atoms with van der Waals surface area (Å²) in [5, 5.41) is 8.10. The number of carbonyl (C=O) groups excluding carboxylic acids is 1. The highest BCUT2D eigenvalue weighted by atomic mass is 35.5. The highest BCUT2D eigenvalue weighted by Gasteiger charge is 2.33. The van der Waals surface area contributed by atoms with Crippen molar-refractivity contribution in [2.45, 2.75) is 52.6 Å². The van der Waals surface area contributed by atoms with Crippen LogP contribution in [0.1, 0.15) is 39.3 Å². The van der Waals surface area contributed by atoms with Gasteiger partial charge in [0.05, 0.1) is 23.5 Å². The van der Waals surface area contributed by atoms with Gasteiger partial charge in [-0.05, 0) is 40.2 Å². The minimum absolute atomic E-state index is 0.197. The molecule has 0 aliphatic heterocycles. The van der Waals surface area contributed by atoms with Crippen molar-refractivity contribution in [3.63, 3.8) is 0 Å². The lowest BCUT2D eigenvalue weighted by atomic mass is 9.95. The molecule has 20 heavy (non-hydrogen) atoms. The number of hydrogen-bond acceptors (Lipinski definition) is 4. The predicted molar refractivity (Wildman–Crippen MR) is 79.9 cm³/mol. The van der Waals surface area contributed by atoms with E-state index in [0.29, 0.717) is 18.1 Å². The van der Waals surface area contributed by atoms with Crippen molar-refractivity contribution >= 4 is 17.6 Å². The van der Waals surface area contributed by atoms with Gasteiger partial charge in [0.2, 0.25) is 0 Å². The molecule has 0 saturated heterocycles. The van der Waals surface area contributed by atoms with Crippen LogP contribution in [0.15, 0.2) is 6.20 Å². The monoisotopic (exact) mass is 301 g/mol. The van der Waals surface area contributed by atoms with Crippen molar-refractivity contribution in [1.82, 2.24) is 15.1 Å². The van der Waals surface area contributed by atoms with Crippen LogP contribution in [0.4, 0.5) is 0 Å². The Morgan fingerprint density at radius 1 is 1.55 bits per heavy atom. The summed E-state index contributed by atoms with van der Waals surface area (Å²) < 4.78 is 7.01. The molecule has 0 fully saturated rings. The zero-order valence-electron chi connectivity index (χ0n) is 12.7. The van der Waals surface area contributed by atoms with Crippen LogP contribution in [0, 0.1) is 6.92 Å². The van der Waals surface area contributed by atoms with Gasteiger partial charge in [0.25, 0.3) is 0 Å². The molecular weight excluding hydrogens is 278 g/mol. The molecule has 0 aliphatic carbocycles. The number of rotatable bonds is 8. The Bertz CT molecular complexity index is 448. The molecule has 1 aromatic rings. The summed E-state index contributed by atoms with van der Waals surface area (Å²) in [4.78, 5) is 12.0. The highest BCUT2D eigenvalue weighted by molar-refractivity contribution is 6.31. The molecule has 114 valence electrons. The molecule has 1 atom stereocenters. The number of likely N-dealkylation sites (N-methyl/N-ethyl adjacent to an activating group) is 1. The van der Waals surface area contributed by atoms with Crippen LogP contribution in [0.2, 0.25) is 5.02 Å². The second kappa shape index (κ2) is 7.64. The van der Waals surface area contributed by atoms with Crippen LogP contribution in [-0.2, 0) is 16.1 Å². The average Bonchev–Trinajstić information content (AvgIpc) is 2.71. The van der Waals surface area contributed by atoms with Crippen molar-refractivity contribution in [2.75, 3.05) is 13.2 Å². The van der Waals surface area contributed by atoms with E-state index in [-0.39, 0.29) is 5.97 Å². The molecule has 0 spiro atoms. The highest BCUT2D eigenvalue weighted by Crippen LogP contribution is 2.18. The zero-order chi connectivity index (χ0) is 15.2. The standard InChI is InChI=1S/C14H24ClN3O2/c1-5-16-14(4,13(19)20-6-2)8-7-9-18-11(3)12(15)10-17-18/h10,16H,5-9H2,1-4H3. The molecule has 1 aromatic heterocycles. The van der Waals surface area contributed by atoms with E-state index in [4.69, 9.17) is 16.3 Å². The summed E-state index contributed by atoms with van der Waals surface area (Å²) >= 11 is 5.97. The molecule has 0 aliphatic rings. The van der Waals surface area contributed by atoms with Gasteiger partial charge in [-0.25, -0.2) is 0 Å². The Hall–Kier alpha value is -1.07. The largest absolute Gasteiger partial charge is 0.465 e. The van der Waals surface area contributed by atoms with Gasteiger partial charge in [0.15, 0.2) is 0 Å². The maximum absolute atomic E-state index is 12.0.